The van der Waals surface area contributed by atoms with E-state index in [-0.39, 0.29) is 23.0 Å². The largest absolute Gasteiger partial charge is 0.465 e. The summed E-state index contributed by atoms with van der Waals surface area (Å²) in [5.41, 5.74) is -0.700. The van der Waals surface area contributed by atoms with Gasteiger partial charge in [-0.25, -0.2) is 19.2 Å². The third-order valence-corrected chi connectivity index (χ3v) is 10.6. The summed E-state index contributed by atoms with van der Waals surface area (Å²) in [5.74, 6) is -1.29. The number of aromatic nitrogens is 2. The molecule has 0 saturated carbocycles. The molecule has 2 aliphatic heterocycles. The van der Waals surface area contributed by atoms with Crippen molar-refractivity contribution in [2.24, 2.45) is 4.99 Å². The van der Waals surface area contributed by atoms with Crippen LogP contribution >= 0.6 is 10.5 Å². The number of rotatable bonds is 3. The van der Waals surface area contributed by atoms with E-state index in [2.05, 4.69) is 30.3 Å². The van der Waals surface area contributed by atoms with Crippen molar-refractivity contribution in [3.8, 4) is 6.07 Å². The monoisotopic (exact) mass is 515 g/mol. The first-order valence-electron chi connectivity index (χ1n) is 11.1. The molecule has 1 fully saturated rings. The van der Waals surface area contributed by atoms with Crippen LogP contribution in [0.15, 0.2) is 29.4 Å². The van der Waals surface area contributed by atoms with Gasteiger partial charge in [0.2, 0.25) is 0 Å². The maximum Gasteiger partial charge on any atom is 0.410 e. The molecule has 2 amide bonds. The van der Waals surface area contributed by atoms with Gasteiger partial charge in [-0.2, -0.15) is 5.26 Å². The van der Waals surface area contributed by atoms with E-state index in [0.717, 1.165) is 6.07 Å². The number of nitrogens with one attached hydrogen (secondary N) is 3. The van der Waals surface area contributed by atoms with Crippen LogP contribution in [0.4, 0.5) is 15.0 Å². The Bertz CT molecular complexity index is 1340. The fourth-order valence-corrected chi connectivity index (χ4v) is 8.13. The normalized spacial score (nSPS) is 26.4. The molecule has 0 radical (unpaired) electrons. The number of carbonyl (C=O) groups excluding carboxylic acids is 1. The van der Waals surface area contributed by atoms with Gasteiger partial charge in [0.05, 0.1) is 15.6 Å². The molecule has 4 rings (SSSR count). The molecule has 2 aromatic rings. The highest BCUT2D eigenvalue weighted by atomic mass is 32.3. The molecule has 0 spiro atoms. The lowest BCUT2D eigenvalue weighted by Crippen LogP contribution is -2.59. The zero-order chi connectivity index (χ0) is 26.5. The van der Waals surface area contributed by atoms with Crippen LogP contribution in [-0.4, -0.2) is 54.0 Å². The number of carbonyl (C=O) groups is 2. The minimum absolute atomic E-state index is 0.00584. The molecule has 0 aliphatic carbocycles. The summed E-state index contributed by atoms with van der Waals surface area (Å²) >= 11 is 0. The Morgan fingerprint density at radius 3 is 2.67 bits per heavy atom. The second-order valence-corrected chi connectivity index (χ2v) is 12.5. The summed E-state index contributed by atoms with van der Waals surface area (Å²) in [6.07, 6.45) is 0.378. The van der Waals surface area contributed by atoms with Gasteiger partial charge >= 0.3 is 6.09 Å². The van der Waals surface area contributed by atoms with Crippen LogP contribution in [0.3, 0.4) is 0 Å². The molecule has 0 bridgehead atoms. The summed E-state index contributed by atoms with van der Waals surface area (Å²) in [5, 5.41) is 22.7. The van der Waals surface area contributed by atoms with Crippen LogP contribution in [0.1, 0.15) is 54.5 Å². The first kappa shape index (κ1) is 25.5. The number of aliphatic imine (C=N–C) groups is 1. The van der Waals surface area contributed by atoms with Crippen molar-refractivity contribution < 1.29 is 23.6 Å². The Labute approximate surface area is 208 Å². The average molecular weight is 516 g/mol. The van der Waals surface area contributed by atoms with Crippen LogP contribution < -0.4 is 15.4 Å². The standard InChI is InChI=1S/C23H26FN7O4S/c1-12-9-13(10-25)11-26-17(12)19(32)29-16-6-5-14(24)18(28-16)23(4)15-7-8-27-36(15,35)22(2,3)20(31-23)30-21(33)34/h5-6,9,11,15,27,35H,7-8H2,1-4H3,(H,30,31)(H,33,34)(H,28,29,32)/t15-,23+/m1/s1. The van der Waals surface area contributed by atoms with Crippen molar-refractivity contribution in [2.45, 2.75) is 49.7 Å². The van der Waals surface area contributed by atoms with Gasteiger partial charge in [0.1, 0.15) is 40.5 Å². The maximum absolute atomic E-state index is 15.3. The highest BCUT2D eigenvalue weighted by Crippen LogP contribution is 2.67. The van der Waals surface area contributed by atoms with Gasteiger partial charge in [0, 0.05) is 12.7 Å². The minimum atomic E-state index is -2.72. The van der Waals surface area contributed by atoms with Gasteiger partial charge in [0.25, 0.3) is 5.91 Å². The van der Waals surface area contributed by atoms with Crippen LogP contribution in [-0.2, 0) is 5.54 Å². The molecule has 190 valence electrons. The molecule has 11 nitrogen and oxygen atoms in total. The van der Waals surface area contributed by atoms with Crippen LogP contribution in [0.5, 0.6) is 0 Å². The number of amides is 2. The molecular weight excluding hydrogens is 489 g/mol. The van der Waals surface area contributed by atoms with E-state index in [4.69, 9.17) is 5.26 Å². The SMILES string of the molecule is Cc1cc(C#N)cnc1C(=O)Nc1ccc(F)c([C@@]2(C)N=C(NC(=O)O)C(C)(C)[S@]3(O)NCC[C@H]23)n1. The topological polar surface area (TPSA) is 173 Å². The number of hydrogen-bond donors (Lipinski definition) is 5. The van der Waals surface area contributed by atoms with E-state index in [1.54, 1.807) is 27.7 Å². The summed E-state index contributed by atoms with van der Waals surface area (Å²) in [6.45, 7) is 7.06. The Kier molecular flexibility index (Phi) is 6.24. The lowest BCUT2D eigenvalue weighted by molar-refractivity contribution is 0.102. The molecule has 2 aromatic heterocycles. The molecule has 36 heavy (non-hydrogen) atoms. The molecule has 0 unspecified atom stereocenters. The molecule has 4 heterocycles. The molecule has 2 aliphatic rings. The zero-order valence-electron chi connectivity index (χ0n) is 20.1. The first-order chi connectivity index (χ1) is 16.8. The molecular formula is C23H26FN7O4S. The van der Waals surface area contributed by atoms with Gasteiger partial charge in [-0.1, -0.05) is 10.5 Å². The number of hydrogen-bond acceptors (Lipinski definition) is 8. The van der Waals surface area contributed by atoms with Crippen molar-refractivity contribution in [1.29, 1.82) is 5.26 Å². The zero-order valence-corrected chi connectivity index (χ0v) is 20.9. The predicted octanol–water partition coefficient (Wildman–Crippen LogP) is 3.28. The number of carboxylic acid groups (broad SMARTS) is 1. The number of amidine groups is 1. The Morgan fingerprint density at radius 2 is 2.03 bits per heavy atom. The smallest absolute Gasteiger partial charge is 0.410 e. The van der Waals surface area contributed by atoms with Gasteiger partial charge in [0.15, 0.2) is 0 Å². The fourth-order valence-electron chi connectivity index (χ4n) is 4.75. The molecule has 5 N–H and O–H groups in total. The van der Waals surface area contributed by atoms with Gasteiger partial charge in [-0.15, -0.1) is 0 Å². The van der Waals surface area contributed by atoms with Crippen molar-refractivity contribution in [1.82, 2.24) is 20.0 Å². The molecule has 3 atom stereocenters. The van der Waals surface area contributed by atoms with E-state index < -0.39 is 43.8 Å². The second kappa shape index (κ2) is 8.81. The summed E-state index contributed by atoms with van der Waals surface area (Å²) < 4.78 is 29.1. The van der Waals surface area contributed by atoms with Gasteiger partial charge in [-0.05, 0) is 57.9 Å². The van der Waals surface area contributed by atoms with E-state index in [1.807, 2.05) is 6.07 Å². The third-order valence-electron chi connectivity index (χ3n) is 6.67. The lowest BCUT2D eigenvalue weighted by atomic mass is 9.89. The fraction of sp³-hybridized carbons (Fsp3) is 0.391. The summed E-state index contributed by atoms with van der Waals surface area (Å²) in [4.78, 5) is 37.4. The van der Waals surface area contributed by atoms with Crippen LogP contribution in [0, 0.1) is 24.1 Å². The number of anilines is 1. The van der Waals surface area contributed by atoms with E-state index in [1.165, 1.54) is 18.3 Å². The first-order valence-corrected chi connectivity index (χ1v) is 12.7. The van der Waals surface area contributed by atoms with Crippen molar-refractivity contribution in [3.05, 3.63) is 52.7 Å². The van der Waals surface area contributed by atoms with Crippen LogP contribution in [0.25, 0.3) is 0 Å². The Balaban J connectivity index is 1.77. The number of nitriles is 1. The number of aryl methyl sites for hydroxylation is 1. The summed E-state index contributed by atoms with van der Waals surface area (Å²) in [6, 6.07) is 5.91. The molecule has 0 aromatic carbocycles. The van der Waals surface area contributed by atoms with E-state index in [0.29, 0.717) is 24.1 Å². The van der Waals surface area contributed by atoms with Gasteiger partial charge < -0.3 is 15.0 Å². The van der Waals surface area contributed by atoms with Gasteiger partial charge in [-0.3, -0.25) is 19.8 Å². The van der Waals surface area contributed by atoms with E-state index in [9.17, 15) is 19.2 Å². The minimum Gasteiger partial charge on any atom is -0.465 e. The highest BCUT2D eigenvalue weighted by Gasteiger charge is 2.62. The quantitative estimate of drug-likeness (QED) is 0.414. The summed E-state index contributed by atoms with van der Waals surface area (Å²) in [7, 11) is -2.72. The second-order valence-electron chi connectivity index (χ2n) is 9.33. The highest BCUT2D eigenvalue weighted by molar-refractivity contribution is 8.29. The van der Waals surface area contributed by atoms with E-state index >= 15 is 4.39 Å². The van der Waals surface area contributed by atoms with Crippen LogP contribution in [0.2, 0.25) is 0 Å². The number of halogens is 1. The van der Waals surface area contributed by atoms with Crippen molar-refractivity contribution in [3.63, 3.8) is 0 Å². The third kappa shape index (κ3) is 3.97. The number of nitrogens with zero attached hydrogens (tertiary/aromatic N) is 4. The molecule has 13 heteroatoms. The number of pyridine rings is 2. The Morgan fingerprint density at radius 1 is 1.31 bits per heavy atom. The molecule has 1 saturated heterocycles. The number of fused-ring (bicyclic) bond motifs is 1. The predicted molar refractivity (Wildman–Crippen MR) is 132 cm³/mol. The maximum atomic E-state index is 15.3. The average Bonchev–Trinajstić information content (AvgIpc) is 3.23. The van der Waals surface area contributed by atoms with Crippen molar-refractivity contribution >= 4 is 34.1 Å². The Hall–Kier alpha value is -3.60. The lowest BCUT2D eigenvalue weighted by Gasteiger charge is -2.56. The van der Waals surface area contributed by atoms with Crippen molar-refractivity contribution in [2.75, 3.05) is 11.9 Å².